The summed E-state index contributed by atoms with van der Waals surface area (Å²) in [6, 6.07) is 18.0. The molecule has 5 nitrogen and oxygen atoms in total. The Balaban J connectivity index is 1.66. The van der Waals surface area contributed by atoms with Crippen LogP contribution >= 0.6 is 0 Å². The minimum absolute atomic E-state index is 0.231. The second-order valence-corrected chi connectivity index (χ2v) is 7.07. The van der Waals surface area contributed by atoms with Crippen LogP contribution in [0.2, 0.25) is 0 Å². The first-order chi connectivity index (χ1) is 13.0. The molecule has 1 N–H and O–H groups in total. The lowest BCUT2D eigenvalue weighted by Crippen LogP contribution is -2.27. The van der Waals surface area contributed by atoms with E-state index in [1.165, 1.54) is 5.56 Å². The van der Waals surface area contributed by atoms with Gasteiger partial charge in [0.1, 0.15) is 5.69 Å². The Morgan fingerprint density at radius 1 is 1.07 bits per heavy atom. The van der Waals surface area contributed by atoms with E-state index in [0.29, 0.717) is 11.6 Å². The molecule has 2 aromatic carbocycles. The fraction of sp³-hybridized carbons (Fsp3) is 0.227. The Labute approximate surface area is 159 Å². The number of hydrogen-bond donors (Lipinski definition) is 1. The van der Waals surface area contributed by atoms with E-state index in [4.69, 9.17) is 0 Å². The predicted molar refractivity (Wildman–Crippen MR) is 108 cm³/mol. The number of fused-ring (bicyclic) bond motifs is 1. The molecule has 1 aliphatic rings. The summed E-state index contributed by atoms with van der Waals surface area (Å²) in [5.41, 5.74) is 5.43. The maximum atomic E-state index is 12.7. The number of carbonyl (C=O) groups excluding carboxylic acids is 1. The van der Waals surface area contributed by atoms with Crippen molar-refractivity contribution in [2.45, 2.75) is 33.2 Å². The molecule has 5 heteroatoms. The number of aryl methyl sites for hydroxylation is 2. The Morgan fingerprint density at radius 3 is 2.59 bits per heavy atom. The molecular weight excluding hydrogens is 336 g/mol. The molecule has 1 unspecified atom stereocenters. The zero-order chi connectivity index (χ0) is 19.0. The van der Waals surface area contributed by atoms with Crippen molar-refractivity contribution in [1.82, 2.24) is 9.97 Å². The van der Waals surface area contributed by atoms with Crippen molar-refractivity contribution in [3.05, 3.63) is 77.1 Å². The maximum Gasteiger partial charge on any atom is 0.274 e. The quantitative estimate of drug-likeness (QED) is 0.752. The van der Waals surface area contributed by atoms with E-state index in [2.05, 4.69) is 39.2 Å². The van der Waals surface area contributed by atoms with Crippen LogP contribution in [-0.4, -0.2) is 21.9 Å². The molecule has 1 aliphatic heterocycles. The molecule has 0 fully saturated rings. The lowest BCUT2D eigenvalue weighted by molar-refractivity contribution is 0.102. The third kappa shape index (κ3) is 3.40. The first-order valence-corrected chi connectivity index (χ1v) is 9.12. The SMILES string of the molecule is Cc1ccc(NC(=O)c2cc(C)nc(N3c4ccccc4CC3C)n2)cc1. The minimum Gasteiger partial charge on any atom is -0.321 e. The van der Waals surface area contributed by atoms with Gasteiger partial charge in [0.15, 0.2) is 0 Å². The highest BCUT2D eigenvalue weighted by Gasteiger charge is 2.29. The average Bonchev–Trinajstić information content (AvgIpc) is 2.98. The molecule has 1 amide bonds. The highest BCUT2D eigenvalue weighted by molar-refractivity contribution is 6.03. The number of amides is 1. The van der Waals surface area contributed by atoms with Gasteiger partial charge < -0.3 is 10.2 Å². The Bertz CT molecular complexity index is 997. The summed E-state index contributed by atoms with van der Waals surface area (Å²) in [4.78, 5) is 24.0. The molecular formula is C22H22N4O. The maximum absolute atomic E-state index is 12.7. The number of para-hydroxylation sites is 1. The van der Waals surface area contributed by atoms with Crippen molar-refractivity contribution in [2.24, 2.45) is 0 Å². The molecule has 0 saturated heterocycles. The Hall–Kier alpha value is -3.21. The van der Waals surface area contributed by atoms with E-state index in [0.717, 1.165) is 29.1 Å². The molecule has 136 valence electrons. The summed E-state index contributed by atoms with van der Waals surface area (Å²) in [5, 5.41) is 2.91. The molecule has 0 aliphatic carbocycles. The van der Waals surface area contributed by atoms with Crippen LogP contribution < -0.4 is 10.2 Å². The standard InChI is InChI=1S/C22H22N4O/c1-14-8-10-18(11-9-14)24-21(27)19-12-15(2)23-22(25-19)26-16(3)13-17-6-4-5-7-20(17)26/h4-12,16H,13H2,1-3H3,(H,24,27). The summed E-state index contributed by atoms with van der Waals surface area (Å²) in [7, 11) is 0. The first-order valence-electron chi connectivity index (χ1n) is 9.12. The average molecular weight is 358 g/mol. The number of hydrogen-bond acceptors (Lipinski definition) is 4. The van der Waals surface area contributed by atoms with Crippen molar-refractivity contribution in [3.63, 3.8) is 0 Å². The van der Waals surface area contributed by atoms with Gasteiger partial charge in [-0.25, -0.2) is 9.97 Å². The van der Waals surface area contributed by atoms with Crippen molar-refractivity contribution in [3.8, 4) is 0 Å². The number of aromatic nitrogens is 2. The summed E-state index contributed by atoms with van der Waals surface area (Å²) in [5.74, 6) is 0.340. The highest BCUT2D eigenvalue weighted by Crippen LogP contribution is 2.36. The fourth-order valence-corrected chi connectivity index (χ4v) is 3.48. The van der Waals surface area contributed by atoms with Crippen LogP contribution in [0.25, 0.3) is 0 Å². The van der Waals surface area contributed by atoms with Gasteiger partial charge in [-0.05, 0) is 57.0 Å². The van der Waals surface area contributed by atoms with Crippen LogP contribution in [0.5, 0.6) is 0 Å². The highest BCUT2D eigenvalue weighted by atomic mass is 16.1. The summed E-state index contributed by atoms with van der Waals surface area (Å²) in [6.45, 7) is 6.05. The minimum atomic E-state index is -0.231. The van der Waals surface area contributed by atoms with Crippen molar-refractivity contribution in [1.29, 1.82) is 0 Å². The summed E-state index contributed by atoms with van der Waals surface area (Å²) < 4.78 is 0. The van der Waals surface area contributed by atoms with Crippen LogP contribution in [0.15, 0.2) is 54.6 Å². The molecule has 0 radical (unpaired) electrons. The van der Waals surface area contributed by atoms with Gasteiger partial charge in [-0.3, -0.25) is 4.79 Å². The summed E-state index contributed by atoms with van der Waals surface area (Å²) >= 11 is 0. The van der Waals surface area contributed by atoms with E-state index in [1.807, 2.05) is 50.2 Å². The van der Waals surface area contributed by atoms with Crippen molar-refractivity contribution in [2.75, 3.05) is 10.2 Å². The van der Waals surface area contributed by atoms with Gasteiger partial charge >= 0.3 is 0 Å². The Morgan fingerprint density at radius 2 is 1.81 bits per heavy atom. The van der Waals surface area contributed by atoms with Gasteiger partial charge in [0.05, 0.1) is 0 Å². The van der Waals surface area contributed by atoms with E-state index in [-0.39, 0.29) is 11.9 Å². The van der Waals surface area contributed by atoms with Crippen molar-refractivity contribution < 1.29 is 4.79 Å². The lowest BCUT2D eigenvalue weighted by Gasteiger charge is -2.23. The monoisotopic (exact) mass is 358 g/mol. The predicted octanol–water partition coefficient (Wildman–Crippen LogP) is 4.43. The van der Waals surface area contributed by atoms with Crippen molar-refractivity contribution >= 4 is 23.2 Å². The zero-order valence-corrected chi connectivity index (χ0v) is 15.7. The van der Waals surface area contributed by atoms with Crippen LogP contribution in [0.3, 0.4) is 0 Å². The van der Waals surface area contributed by atoms with E-state index in [1.54, 1.807) is 6.07 Å². The van der Waals surface area contributed by atoms with Gasteiger partial charge in [-0.15, -0.1) is 0 Å². The van der Waals surface area contributed by atoms with E-state index in [9.17, 15) is 4.79 Å². The number of benzene rings is 2. The topological polar surface area (TPSA) is 58.1 Å². The third-order valence-electron chi connectivity index (χ3n) is 4.81. The van der Waals surface area contributed by atoms with Crippen LogP contribution in [0.4, 0.5) is 17.3 Å². The number of carbonyl (C=O) groups is 1. The second kappa shape index (κ2) is 6.83. The number of nitrogens with zero attached hydrogens (tertiary/aromatic N) is 3. The molecule has 1 atom stereocenters. The smallest absolute Gasteiger partial charge is 0.274 e. The molecule has 4 rings (SSSR count). The van der Waals surface area contributed by atoms with E-state index < -0.39 is 0 Å². The molecule has 3 aromatic rings. The van der Waals surface area contributed by atoms with Crippen LogP contribution in [0, 0.1) is 13.8 Å². The lowest BCUT2D eigenvalue weighted by atomic mass is 10.1. The van der Waals surface area contributed by atoms with Gasteiger partial charge in [-0.2, -0.15) is 0 Å². The van der Waals surface area contributed by atoms with Gasteiger partial charge in [0.2, 0.25) is 5.95 Å². The molecule has 1 aromatic heterocycles. The fourth-order valence-electron chi connectivity index (χ4n) is 3.48. The largest absolute Gasteiger partial charge is 0.321 e. The molecule has 27 heavy (non-hydrogen) atoms. The first kappa shape index (κ1) is 17.2. The molecule has 0 saturated carbocycles. The van der Waals surface area contributed by atoms with Gasteiger partial charge in [0.25, 0.3) is 5.91 Å². The summed E-state index contributed by atoms with van der Waals surface area (Å²) in [6.07, 6.45) is 0.943. The van der Waals surface area contributed by atoms with Crippen LogP contribution in [0.1, 0.15) is 34.2 Å². The normalized spacial score (nSPS) is 15.5. The number of rotatable bonds is 3. The van der Waals surface area contributed by atoms with Crippen LogP contribution in [-0.2, 0) is 6.42 Å². The molecule has 2 heterocycles. The number of nitrogens with one attached hydrogen (secondary N) is 1. The third-order valence-corrected chi connectivity index (χ3v) is 4.81. The number of anilines is 3. The molecule has 0 bridgehead atoms. The zero-order valence-electron chi connectivity index (χ0n) is 15.7. The second-order valence-electron chi connectivity index (χ2n) is 7.07. The molecule has 0 spiro atoms. The van der Waals surface area contributed by atoms with E-state index >= 15 is 0 Å². The van der Waals surface area contributed by atoms with Gasteiger partial charge in [0, 0.05) is 23.1 Å². The Kier molecular flexibility index (Phi) is 4.36. The van der Waals surface area contributed by atoms with Gasteiger partial charge in [-0.1, -0.05) is 35.9 Å².